The predicted octanol–water partition coefficient (Wildman–Crippen LogP) is 3.95. The third kappa shape index (κ3) is 3.57. The van der Waals surface area contributed by atoms with Crippen molar-refractivity contribution in [3.63, 3.8) is 0 Å². The van der Waals surface area contributed by atoms with Crippen molar-refractivity contribution < 1.29 is 22.0 Å². The van der Waals surface area contributed by atoms with Gasteiger partial charge in [0.25, 0.3) is 10.0 Å². The summed E-state index contributed by atoms with van der Waals surface area (Å²) in [7, 11) is -4.39. The molecule has 0 saturated heterocycles. The first-order valence-electron chi connectivity index (χ1n) is 8.55. The first-order chi connectivity index (χ1) is 12.6. The molecule has 2 aromatic carbocycles. The van der Waals surface area contributed by atoms with E-state index >= 15 is 0 Å². The van der Waals surface area contributed by atoms with Gasteiger partial charge in [-0.3, -0.25) is 8.87 Å². The molecule has 8 heteroatoms. The number of rotatable bonds is 6. The van der Waals surface area contributed by atoms with Crippen molar-refractivity contribution in [1.82, 2.24) is 0 Å². The van der Waals surface area contributed by atoms with E-state index in [-0.39, 0.29) is 17.6 Å². The van der Waals surface area contributed by atoms with Gasteiger partial charge in [0.05, 0.1) is 16.7 Å². The second kappa shape index (κ2) is 7.06. The molecule has 1 heterocycles. The maximum Gasteiger partial charge on any atom is 0.331 e. The number of fused-ring (bicyclic) bond motifs is 1. The summed E-state index contributed by atoms with van der Waals surface area (Å²) >= 11 is 0. The lowest BCUT2D eigenvalue weighted by Crippen LogP contribution is -2.37. The van der Waals surface area contributed by atoms with Crippen LogP contribution in [0, 0.1) is 6.92 Å². The maximum absolute atomic E-state index is 13.3. The average Bonchev–Trinajstić information content (AvgIpc) is 2.95. The molecule has 0 aliphatic carbocycles. The average molecular weight is 409 g/mol. The Morgan fingerprint density at radius 2 is 1.74 bits per heavy atom. The van der Waals surface area contributed by atoms with E-state index in [1.54, 1.807) is 36.4 Å². The number of anilines is 1. The Morgan fingerprint density at radius 1 is 1.11 bits per heavy atom. The lowest BCUT2D eigenvalue weighted by molar-refractivity contribution is 0.268. The van der Waals surface area contributed by atoms with Gasteiger partial charge in [-0.1, -0.05) is 42.8 Å². The van der Waals surface area contributed by atoms with Crippen LogP contribution in [0.1, 0.15) is 18.1 Å². The standard InChI is InChI=1S/C19H24NO5PS/c1-15-10-11-18-17(12-15)19(2,14-26(21,24-3)25-4)13-20(18)27(22,23)16-8-6-5-7-9-16/h5-12H,13-14H2,1-4H3. The Labute approximate surface area is 160 Å². The summed E-state index contributed by atoms with van der Waals surface area (Å²) in [5.41, 5.74) is 1.73. The molecule has 0 bridgehead atoms. The number of hydrogen-bond donors (Lipinski definition) is 0. The minimum Gasteiger partial charge on any atom is -0.312 e. The highest BCUT2D eigenvalue weighted by atomic mass is 32.2. The zero-order valence-electron chi connectivity index (χ0n) is 15.9. The summed E-state index contributed by atoms with van der Waals surface area (Å²) in [6.45, 7) is 4.01. The zero-order valence-corrected chi connectivity index (χ0v) is 17.6. The van der Waals surface area contributed by atoms with Crippen molar-refractivity contribution in [2.24, 2.45) is 0 Å². The van der Waals surface area contributed by atoms with Crippen LogP contribution < -0.4 is 4.31 Å². The number of benzene rings is 2. The summed E-state index contributed by atoms with van der Waals surface area (Å²) in [4.78, 5) is 0.224. The second-order valence-corrected chi connectivity index (χ2v) is 11.2. The third-order valence-electron chi connectivity index (χ3n) is 4.99. The fourth-order valence-corrected chi connectivity index (χ4v) is 6.70. The van der Waals surface area contributed by atoms with Gasteiger partial charge in [-0.05, 0) is 30.7 Å². The monoisotopic (exact) mass is 409 g/mol. The molecule has 1 atom stereocenters. The van der Waals surface area contributed by atoms with Crippen molar-refractivity contribution >= 4 is 23.3 Å². The Balaban J connectivity index is 2.12. The lowest BCUT2D eigenvalue weighted by atomic mass is 9.86. The Kier molecular flexibility index (Phi) is 5.25. The molecular formula is C19H24NO5PS. The molecule has 1 unspecified atom stereocenters. The van der Waals surface area contributed by atoms with Gasteiger partial charge in [0.2, 0.25) is 0 Å². The van der Waals surface area contributed by atoms with Crippen LogP contribution in [0.25, 0.3) is 0 Å². The minimum absolute atomic E-state index is 0.0876. The van der Waals surface area contributed by atoms with Gasteiger partial charge in [-0.15, -0.1) is 0 Å². The van der Waals surface area contributed by atoms with Crippen molar-refractivity contribution in [3.8, 4) is 0 Å². The Morgan fingerprint density at radius 3 is 2.33 bits per heavy atom. The first-order valence-corrected chi connectivity index (χ1v) is 11.7. The Hall–Kier alpha value is -1.66. The highest BCUT2D eigenvalue weighted by molar-refractivity contribution is 7.92. The fourth-order valence-electron chi connectivity index (χ4n) is 3.54. The number of hydrogen-bond acceptors (Lipinski definition) is 5. The van der Waals surface area contributed by atoms with Crippen LogP contribution in [-0.4, -0.2) is 35.3 Å². The van der Waals surface area contributed by atoms with E-state index in [1.807, 2.05) is 26.0 Å². The molecule has 146 valence electrons. The molecule has 0 saturated carbocycles. The molecule has 0 aromatic heterocycles. The maximum atomic E-state index is 13.3. The normalized spacial score (nSPS) is 19.9. The highest BCUT2D eigenvalue weighted by Crippen LogP contribution is 2.55. The highest BCUT2D eigenvalue weighted by Gasteiger charge is 2.48. The van der Waals surface area contributed by atoms with Crippen molar-refractivity contribution in [3.05, 3.63) is 59.7 Å². The Bertz CT molecular complexity index is 984. The molecule has 2 aromatic rings. The van der Waals surface area contributed by atoms with Crippen molar-refractivity contribution in [2.45, 2.75) is 24.2 Å². The molecule has 0 fully saturated rings. The number of aryl methyl sites for hydroxylation is 1. The van der Waals surface area contributed by atoms with Gasteiger partial charge >= 0.3 is 7.60 Å². The topological polar surface area (TPSA) is 72.9 Å². The predicted molar refractivity (Wildman–Crippen MR) is 106 cm³/mol. The summed E-state index contributed by atoms with van der Waals surface area (Å²) in [6.07, 6.45) is 0.0876. The van der Waals surface area contributed by atoms with Crippen LogP contribution in [-0.2, 0) is 29.1 Å². The minimum atomic E-state index is -3.74. The molecule has 3 rings (SSSR count). The van der Waals surface area contributed by atoms with Crippen LogP contribution in [0.5, 0.6) is 0 Å². The van der Waals surface area contributed by atoms with E-state index < -0.39 is 23.0 Å². The van der Waals surface area contributed by atoms with E-state index in [1.165, 1.54) is 18.5 Å². The molecule has 0 amide bonds. The largest absolute Gasteiger partial charge is 0.331 e. The van der Waals surface area contributed by atoms with E-state index in [4.69, 9.17) is 9.05 Å². The summed E-state index contributed by atoms with van der Waals surface area (Å²) in [6, 6.07) is 14.0. The van der Waals surface area contributed by atoms with Gasteiger partial charge in [0.1, 0.15) is 0 Å². The van der Waals surface area contributed by atoms with Gasteiger partial charge in [0.15, 0.2) is 0 Å². The molecule has 0 radical (unpaired) electrons. The molecule has 27 heavy (non-hydrogen) atoms. The van der Waals surface area contributed by atoms with Crippen LogP contribution in [0.2, 0.25) is 0 Å². The summed E-state index contributed by atoms with van der Waals surface area (Å²) < 4.78 is 51.0. The van der Waals surface area contributed by atoms with Crippen molar-refractivity contribution in [1.29, 1.82) is 0 Å². The van der Waals surface area contributed by atoms with Gasteiger partial charge in [-0.2, -0.15) is 0 Å². The van der Waals surface area contributed by atoms with E-state index in [9.17, 15) is 13.0 Å². The molecule has 0 N–H and O–H groups in total. The molecule has 6 nitrogen and oxygen atoms in total. The third-order valence-corrected chi connectivity index (χ3v) is 8.97. The quantitative estimate of drug-likeness (QED) is 0.676. The van der Waals surface area contributed by atoms with Crippen molar-refractivity contribution in [2.75, 3.05) is 31.2 Å². The second-order valence-electron chi connectivity index (χ2n) is 7.04. The zero-order chi connectivity index (χ0) is 19.9. The first kappa shape index (κ1) is 20.1. The molecule has 1 aliphatic rings. The van der Waals surface area contributed by atoms with E-state index in [0.29, 0.717) is 5.69 Å². The summed E-state index contributed by atoms with van der Waals surface area (Å²) in [5, 5.41) is 0. The number of sulfonamides is 1. The smallest absolute Gasteiger partial charge is 0.312 e. The van der Waals surface area contributed by atoms with Gasteiger partial charge in [0, 0.05) is 26.2 Å². The van der Waals surface area contributed by atoms with Crippen LogP contribution >= 0.6 is 7.60 Å². The van der Waals surface area contributed by atoms with Gasteiger partial charge in [-0.25, -0.2) is 8.42 Å². The van der Waals surface area contributed by atoms with Crippen LogP contribution in [0.15, 0.2) is 53.4 Å². The van der Waals surface area contributed by atoms with Crippen LogP contribution in [0.4, 0.5) is 5.69 Å². The lowest BCUT2D eigenvalue weighted by Gasteiger charge is -2.29. The fraction of sp³-hybridized carbons (Fsp3) is 0.368. The number of nitrogens with zero attached hydrogens (tertiary/aromatic N) is 1. The van der Waals surface area contributed by atoms with Gasteiger partial charge < -0.3 is 9.05 Å². The molecule has 1 aliphatic heterocycles. The SMILES string of the molecule is COP(=O)(CC1(C)CN(S(=O)(=O)c2ccccc2)c2ccc(C)cc21)OC. The van der Waals surface area contributed by atoms with E-state index in [0.717, 1.165) is 11.1 Å². The van der Waals surface area contributed by atoms with E-state index in [2.05, 4.69) is 0 Å². The summed E-state index contributed by atoms with van der Waals surface area (Å²) in [5.74, 6) is 0. The van der Waals surface area contributed by atoms with Crippen LogP contribution in [0.3, 0.4) is 0 Å². The molecular weight excluding hydrogens is 385 g/mol. The molecule has 0 spiro atoms.